The highest BCUT2D eigenvalue weighted by Gasteiger charge is 2.01. The number of hydrogen-bond acceptors (Lipinski definition) is 3. The molecule has 0 radical (unpaired) electrons. The Morgan fingerprint density at radius 1 is 1.40 bits per heavy atom. The highest BCUT2D eigenvalue weighted by Crippen LogP contribution is 2.01. The van der Waals surface area contributed by atoms with E-state index in [1.807, 2.05) is 6.92 Å². The molecule has 62 valence electrons. The Morgan fingerprint density at radius 3 is 2.60 bits per heavy atom. The van der Waals surface area contributed by atoms with E-state index in [0.29, 0.717) is 13.0 Å². The number of rotatable bonds is 6. The molecule has 0 fully saturated rings. The molecule has 0 aromatic carbocycles. The quantitative estimate of drug-likeness (QED) is 0.352. The second-order valence-electron chi connectivity index (χ2n) is 2.10. The van der Waals surface area contributed by atoms with Crippen molar-refractivity contribution in [2.75, 3.05) is 6.61 Å². The van der Waals surface area contributed by atoms with E-state index in [9.17, 15) is 0 Å². The lowest BCUT2D eigenvalue weighted by Gasteiger charge is -2.08. The molecular weight excluding hydrogens is 132 g/mol. The first-order chi connectivity index (χ1) is 4.81. The Balaban J connectivity index is 3.00. The van der Waals surface area contributed by atoms with Gasteiger partial charge in [0.25, 0.3) is 0 Å². The van der Waals surface area contributed by atoms with Gasteiger partial charge in [0.2, 0.25) is 0 Å². The molecule has 0 heterocycles. The zero-order chi connectivity index (χ0) is 7.82. The number of aliphatic hydroxyl groups is 1. The fourth-order valence-electron chi connectivity index (χ4n) is 0.573. The second-order valence-corrected chi connectivity index (χ2v) is 2.10. The van der Waals surface area contributed by atoms with Gasteiger partial charge in [0.1, 0.15) is 0 Å². The first-order valence-electron chi connectivity index (χ1n) is 3.77. The summed E-state index contributed by atoms with van der Waals surface area (Å²) in [4.78, 5) is 9.09. The van der Waals surface area contributed by atoms with Crippen molar-refractivity contribution < 1.29 is 14.9 Å². The maximum Gasteiger partial charge on any atom is 0.188 e. The molecule has 0 amide bonds. The molecule has 0 aliphatic heterocycles. The van der Waals surface area contributed by atoms with Gasteiger partial charge in [-0.05, 0) is 13.3 Å². The van der Waals surface area contributed by atoms with E-state index in [0.717, 1.165) is 12.8 Å². The molecule has 3 heteroatoms. The summed E-state index contributed by atoms with van der Waals surface area (Å²) in [5.74, 6) is 0. The SMILES string of the molecule is CCCCC(O)OOCC. The van der Waals surface area contributed by atoms with Crippen molar-refractivity contribution >= 4 is 0 Å². The van der Waals surface area contributed by atoms with Crippen LogP contribution in [0.4, 0.5) is 0 Å². The predicted octanol–water partition coefficient (Wildman–Crippen LogP) is 1.46. The van der Waals surface area contributed by atoms with Crippen LogP contribution in [-0.4, -0.2) is 18.0 Å². The molecule has 10 heavy (non-hydrogen) atoms. The Bertz CT molecular complexity index is 57.9. The van der Waals surface area contributed by atoms with Crippen LogP contribution >= 0.6 is 0 Å². The summed E-state index contributed by atoms with van der Waals surface area (Å²) < 4.78 is 0. The molecule has 1 N–H and O–H groups in total. The van der Waals surface area contributed by atoms with Crippen LogP contribution in [0, 0.1) is 0 Å². The molecule has 0 aliphatic rings. The van der Waals surface area contributed by atoms with Crippen LogP contribution < -0.4 is 0 Å². The van der Waals surface area contributed by atoms with Crippen molar-refractivity contribution in [2.24, 2.45) is 0 Å². The monoisotopic (exact) mass is 148 g/mol. The summed E-state index contributed by atoms with van der Waals surface area (Å²) in [5, 5.41) is 8.96. The van der Waals surface area contributed by atoms with Gasteiger partial charge in [-0.25, -0.2) is 9.78 Å². The van der Waals surface area contributed by atoms with Gasteiger partial charge in [-0.15, -0.1) is 0 Å². The maximum atomic E-state index is 8.96. The van der Waals surface area contributed by atoms with E-state index in [1.165, 1.54) is 0 Å². The lowest BCUT2D eigenvalue weighted by atomic mass is 10.2. The average Bonchev–Trinajstić information content (AvgIpc) is 1.97. The van der Waals surface area contributed by atoms with E-state index in [1.54, 1.807) is 0 Å². The molecule has 0 bridgehead atoms. The van der Waals surface area contributed by atoms with Gasteiger partial charge >= 0.3 is 0 Å². The van der Waals surface area contributed by atoms with E-state index in [-0.39, 0.29) is 0 Å². The fraction of sp³-hybridized carbons (Fsp3) is 1.00. The summed E-state index contributed by atoms with van der Waals surface area (Å²) in [5.41, 5.74) is 0. The average molecular weight is 148 g/mol. The highest BCUT2D eigenvalue weighted by molar-refractivity contribution is 4.38. The van der Waals surface area contributed by atoms with Crippen molar-refractivity contribution in [3.8, 4) is 0 Å². The van der Waals surface area contributed by atoms with Crippen LogP contribution in [-0.2, 0) is 9.78 Å². The van der Waals surface area contributed by atoms with Gasteiger partial charge in [0, 0.05) is 6.42 Å². The zero-order valence-electron chi connectivity index (χ0n) is 6.67. The lowest BCUT2D eigenvalue weighted by molar-refractivity contribution is -0.368. The van der Waals surface area contributed by atoms with E-state index >= 15 is 0 Å². The molecule has 0 aromatic rings. The fourth-order valence-corrected chi connectivity index (χ4v) is 0.573. The lowest BCUT2D eigenvalue weighted by Crippen LogP contribution is -2.11. The van der Waals surface area contributed by atoms with E-state index in [2.05, 4.69) is 16.7 Å². The van der Waals surface area contributed by atoms with Gasteiger partial charge in [-0.1, -0.05) is 13.3 Å². The van der Waals surface area contributed by atoms with E-state index < -0.39 is 6.29 Å². The Morgan fingerprint density at radius 2 is 2.10 bits per heavy atom. The van der Waals surface area contributed by atoms with E-state index in [4.69, 9.17) is 5.11 Å². The van der Waals surface area contributed by atoms with Crippen LogP contribution in [0.1, 0.15) is 33.1 Å². The van der Waals surface area contributed by atoms with Crippen molar-refractivity contribution in [1.82, 2.24) is 0 Å². The minimum atomic E-state index is -0.750. The Labute approximate surface area is 61.9 Å². The first kappa shape index (κ1) is 9.88. The number of aliphatic hydroxyl groups excluding tert-OH is 1. The third kappa shape index (κ3) is 6.01. The second kappa shape index (κ2) is 6.99. The summed E-state index contributed by atoms with van der Waals surface area (Å²) in [7, 11) is 0. The smallest absolute Gasteiger partial charge is 0.188 e. The molecule has 1 atom stereocenters. The van der Waals surface area contributed by atoms with Crippen LogP contribution in [0.5, 0.6) is 0 Å². The van der Waals surface area contributed by atoms with Gasteiger partial charge < -0.3 is 5.11 Å². The summed E-state index contributed by atoms with van der Waals surface area (Å²) in [6.07, 6.45) is 1.93. The molecule has 0 saturated carbocycles. The summed E-state index contributed by atoms with van der Waals surface area (Å²) >= 11 is 0. The van der Waals surface area contributed by atoms with Crippen molar-refractivity contribution in [3.05, 3.63) is 0 Å². The van der Waals surface area contributed by atoms with Crippen LogP contribution in [0.25, 0.3) is 0 Å². The Kier molecular flexibility index (Phi) is 6.91. The molecule has 0 saturated heterocycles. The van der Waals surface area contributed by atoms with Crippen LogP contribution in [0.2, 0.25) is 0 Å². The molecular formula is C7H16O3. The minimum absolute atomic E-state index is 0.475. The predicted molar refractivity (Wildman–Crippen MR) is 38.2 cm³/mol. The number of hydrogen-bond donors (Lipinski definition) is 1. The maximum absolute atomic E-state index is 8.96. The summed E-state index contributed by atoms with van der Waals surface area (Å²) in [6.45, 7) is 4.35. The van der Waals surface area contributed by atoms with Crippen LogP contribution in [0.3, 0.4) is 0 Å². The van der Waals surface area contributed by atoms with Gasteiger partial charge in [0.05, 0.1) is 6.61 Å². The standard InChI is InChI=1S/C7H16O3/c1-3-5-6-7(8)10-9-4-2/h7-8H,3-6H2,1-2H3. The van der Waals surface area contributed by atoms with Gasteiger partial charge in [-0.3, -0.25) is 0 Å². The highest BCUT2D eigenvalue weighted by atomic mass is 17.2. The number of unbranched alkanes of at least 4 members (excludes halogenated alkanes) is 1. The first-order valence-corrected chi connectivity index (χ1v) is 3.77. The minimum Gasteiger partial charge on any atom is -0.366 e. The topological polar surface area (TPSA) is 38.7 Å². The third-order valence-electron chi connectivity index (χ3n) is 1.10. The van der Waals surface area contributed by atoms with Crippen molar-refractivity contribution in [2.45, 2.75) is 39.4 Å². The zero-order valence-corrected chi connectivity index (χ0v) is 6.67. The molecule has 3 nitrogen and oxygen atoms in total. The van der Waals surface area contributed by atoms with Crippen molar-refractivity contribution in [3.63, 3.8) is 0 Å². The summed E-state index contributed by atoms with van der Waals surface area (Å²) in [6, 6.07) is 0. The van der Waals surface area contributed by atoms with Gasteiger partial charge in [0.15, 0.2) is 6.29 Å². The molecule has 0 spiro atoms. The van der Waals surface area contributed by atoms with Crippen LogP contribution in [0.15, 0.2) is 0 Å². The Hall–Kier alpha value is -0.120. The molecule has 0 aliphatic carbocycles. The largest absolute Gasteiger partial charge is 0.366 e. The third-order valence-corrected chi connectivity index (χ3v) is 1.10. The normalized spacial score (nSPS) is 13.5. The van der Waals surface area contributed by atoms with Crippen molar-refractivity contribution in [1.29, 1.82) is 0 Å². The molecule has 0 rings (SSSR count). The van der Waals surface area contributed by atoms with Gasteiger partial charge in [-0.2, -0.15) is 0 Å². The molecule has 0 aromatic heterocycles. The molecule has 1 unspecified atom stereocenters.